The molecule has 1 heterocycles. The van der Waals surface area contributed by atoms with Gasteiger partial charge in [0.15, 0.2) is 0 Å². The summed E-state index contributed by atoms with van der Waals surface area (Å²) in [5.41, 5.74) is 1.26. The number of rotatable bonds is 5. The SMILES string of the molecule is CSCCn1ccc2c(OC(C)C)cccc21. The van der Waals surface area contributed by atoms with Gasteiger partial charge in [0.2, 0.25) is 0 Å². The van der Waals surface area contributed by atoms with E-state index in [0.29, 0.717) is 0 Å². The van der Waals surface area contributed by atoms with E-state index < -0.39 is 0 Å². The molecule has 0 atom stereocenters. The van der Waals surface area contributed by atoms with E-state index in [1.165, 1.54) is 10.9 Å². The Hall–Kier alpha value is -1.09. The molecule has 92 valence electrons. The maximum absolute atomic E-state index is 5.83. The van der Waals surface area contributed by atoms with Crippen molar-refractivity contribution in [2.75, 3.05) is 12.0 Å². The van der Waals surface area contributed by atoms with Crippen molar-refractivity contribution in [2.45, 2.75) is 26.5 Å². The van der Waals surface area contributed by atoms with Crippen LogP contribution in [0.2, 0.25) is 0 Å². The lowest BCUT2D eigenvalue weighted by Crippen LogP contribution is -2.05. The van der Waals surface area contributed by atoms with Gasteiger partial charge in [-0.3, -0.25) is 0 Å². The molecule has 3 heteroatoms. The van der Waals surface area contributed by atoms with Crippen LogP contribution in [0.1, 0.15) is 13.8 Å². The van der Waals surface area contributed by atoms with Gasteiger partial charge in [-0.25, -0.2) is 0 Å². The second kappa shape index (κ2) is 5.50. The number of fused-ring (bicyclic) bond motifs is 1. The highest BCUT2D eigenvalue weighted by atomic mass is 32.2. The second-order valence-corrected chi connectivity index (χ2v) is 5.34. The van der Waals surface area contributed by atoms with Gasteiger partial charge in [-0.2, -0.15) is 11.8 Å². The lowest BCUT2D eigenvalue weighted by molar-refractivity contribution is 0.245. The lowest BCUT2D eigenvalue weighted by Gasteiger charge is -2.11. The summed E-state index contributed by atoms with van der Waals surface area (Å²) in [6.07, 6.45) is 4.50. The minimum absolute atomic E-state index is 0.218. The molecule has 0 aliphatic heterocycles. The van der Waals surface area contributed by atoms with Crippen molar-refractivity contribution in [2.24, 2.45) is 0 Å². The van der Waals surface area contributed by atoms with E-state index in [2.05, 4.69) is 49.1 Å². The number of hydrogen-bond acceptors (Lipinski definition) is 2. The van der Waals surface area contributed by atoms with Gasteiger partial charge < -0.3 is 9.30 Å². The maximum atomic E-state index is 5.83. The summed E-state index contributed by atoms with van der Waals surface area (Å²) in [4.78, 5) is 0. The first-order valence-corrected chi connectivity index (χ1v) is 7.35. The fourth-order valence-electron chi connectivity index (χ4n) is 1.94. The van der Waals surface area contributed by atoms with E-state index in [0.717, 1.165) is 18.0 Å². The standard InChI is InChI=1S/C14H19NOS/c1-11(2)16-14-6-4-5-13-12(14)7-8-15(13)9-10-17-3/h4-8,11H,9-10H2,1-3H3. The van der Waals surface area contributed by atoms with E-state index in [4.69, 9.17) is 4.74 Å². The van der Waals surface area contributed by atoms with Crippen molar-refractivity contribution in [1.82, 2.24) is 4.57 Å². The highest BCUT2D eigenvalue weighted by Crippen LogP contribution is 2.27. The fourth-order valence-corrected chi connectivity index (χ4v) is 2.32. The van der Waals surface area contributed by atoms with Crippen LogP contribution in [-0.4, -0.2) is 22.7 Å². The molecule has 0 aliphatic rings. The molecule has 2 aromatic rings. The Morgan fingerprint density at radius 2 is 2.12 bits per heavy atom. The van der Waals surface area contributed by atoms with Crippen molar-refractivity contribution in [3.05, 3.63) is 30.5 Å². The average molecular weight is 249 g/mol. The molecule has 0 saturated heterocycles. The summed E-state index contributed by atoms with van der Waals surface area (Å²) in [5.74, 6) is 2.12. The third-order valence-corrected chi connectivity index (χ3v) is 3.26. The van der Waals surface area contributed by atoms with Crippen LogP contribution in [-0.2, 0) is 6.54 Å². The number of hydrogen-bond donors (Lipinski definition) is 0. The predicted octanol–water partition coefficient (Wildman–Crippen LogP) is 3.79. The fraction of sp³-hybridized carbons (Fsp3) is 0.429. The quantitative estimate of drug-likeness (QED) is 0.800. The van der Waals surface area contributed by atoms with E-state index in [1.807, 2.05) is 17.8 Å². The Morgan fingerprint density at radius 3 is 2.82 bits per heavy atom. The van der Waals surface area contributed by atoms with Crippen molar-refractivity contribution in [1.29, 1.82) is 0 Å². The van der Waals surface area contributed by atoms with Crippen LogP contribution in [0.5, 0.6) is 5.75 Å². The number of nitrogens with zero attached hydrogens (tertiary/aromatic N) is 1. The molecular weight excluding hydrogens is 230 g/mol. The van der Waals surface area contributed by atoms with Gasteiger partial charge in [-0.15, -0.1) is 0 Å². The zero-order chi connectivity index (χ0) is 12.3. The molecular formula is C14H19NOS. The van der Waals surface area contributed by atoms with Crippen LogP contribution in [0.25, 0.3) is 10.9 Å². The van der Waals surface area contributed by atoms with Gasteiger partial charge in [-0.1, -0.05) is 6.07 Å². The van der Waals surface area contributed by atoms with E-state index in [1.54, 1.807) is 0 Å². The van der Waals surface area contributed by atoms with Crippen LogP contribution in [0.4, 0.5) is 0 Å². The number of ether oxygens (including phenoxy) is 1. The number of aromatic nitrogens is 1. The Bertz CT molecular complexity index is 490. The predicted molar refractivity (Wildman–Crippen MR) is 76.1 cm³/mol. The molecule has 2 nitrogen and oxygen atoms in total. The molecule has 17 heavy (non-hydrogen) atoms. The van der Waals surface area contributed by atoms with Crippen LogP contribution in [0.3, 0.4) is 0 Å². The lowest BCUT2D eigenvalue weighted by atomic mass is 10.2. The monoisotopic (exact) mass is 249 g/mol. The molecule has 0 bridgehead atoms. The number of benzene rings is 1. The smallest absolute Gasteiger partial charge is 0.129 e. The van der Waals surface area contributed by atoms with Crippen molar-refractivity contribution in [3.8, 4) is 5.75 Å². The summed E-state index contributed by atoms with van der Waals surface area (Å²) >= 11 is 1.87. The van der Waals surface area contributed by atoms with Crippen molar-refractivity contribution >= 4 is 22.7 Å². The first-order chi connectivity index (χ1) is 8.22. The number of aryl methyl sites for hydroxylation is 1. The van der Waals surface area contributed by atoms with Crippen molar-refractivity contribution < 1.29 is 4.74 Å². The van der Waals surface area contributed by atoms with Crippen LogP contribution < -0.4 is 4.74 Å². The minimum atomic E-state index is 0.218. The van der Waals surface area contributed by atoms with Gasteiger partial charge in [0.25, 0.3) is 0 Å². The summed E-state index contributed by atoms with van der Waals surface area (Å²) in [7, 11) is 0. The Labute approximate surface area is 107 Å². The van der Waals surface area contributed by atoms with Gasteiger partial charge >= 0.3 is 0 Å². The zero-order valence-electron chi connectivity index (χ0n) is 10.6. The second-order valence-electron chi connectivity index (χ2n) is 4.36. The topological polar surface area (TPSA) is 14.2 Å². The largest absolute Gasteiger partial charge is 0.490 e. The van der Waals surface area contributed by atoms with Gasteiger partial charge in [-0.05, 0) is 38.3 Å². The molecule has 0 aliphatic carbocycles. The van der Waals surface area contributed by atoms with Gasteiger partial charge in [0.1, 0.15) is 5.75 Å². The summed E-state index contributed by atoms with van der Waals surface area (Å²) < 4.78 is 8.12. The highest BCUT2D eigenvalue weighted by Gasteiger charge is 2.07. The van der Waals surface area contributed by atoms with Gasteiger partial charge in [0, 0.05) is 23.9 Å². The first-order valence-electron chi connectivity index (χ1n) is 5.96. The van der Waals surface area contributed by atoms with Crippen molar-refractivity contribution in [3.63, 3.8) is 0 Å². The molecule has 0 N–H and O–H groups in total. The molecule has 0 saturated carbocycles. The third-order valence-electron chi connectivity index (χ3n) is 2.67. The number of thioether (sulfide) groups is 1. The Balaban J connectivity index is 2.35. The molecule has 0 fully saturated rings. The normalized spacial score (nSPS) is 11.3. The first kappa shape index (κ1) is 12.4. The van der Waals surface area contributed by atoms with E-state index in [-0.39, 0.29) is 6.10 Å². The molecule has 0 unspecified atom stereocenters. The zero-order valence-corrected chi connectivity index (χ0v) is 11.5. The highest BCUT2D eigenvalue weighted by molar-refractivity contribution is 7.98. The summed E-state index contributed by atoms with van der Waals surface area (Å²) in [5, 5.41) is 1.21. The van der Waals surface area contributed by atoms with E-state index in [9.17, 15) is 0 Å². The molecule has 1 aromatic heterocycles. The Kier molecular flexibility index (Phi) is 4.00. The average Bonchev–Trinajstić information content (AvgIpc) is 2.70. The van der Waals surface area contributed by atoms with Crippen LogP contribution >= 0.6 is 11.8 Å². The summed E-state index contributed by atoms with van der Waals surface area (Å²) in [6, 6.07) is 8.41. The molecule has 0 radical (unpaired) electrons. The van der Waals surface area contributed by atoms with Crippen LogP contribution in [0, 0.1) is 0 Å². The molecule has 0 spiro atoms. The maximum Gasteiger partial charge on any atom is 0.129 e. The minimum Gasteiger partial charge on any atom is -0.490 e. The molecule has 1 aromatic carbocycles. The van der Waals surface area contributed by atoms with Crippen LogP contribution in [0.15, 0.2) is 30.5 Å². The Morgan fingerprint density at radius 1 is 1.29 bits per heavy atom. The molecule has 0 amide bonds. The van der Waals surface area contributed by atoms with Gasteiger partial charge in [0.05, 0.1) is 11.6 Å². The molecule has 2 rings (SSSR count). The van der Waals surface area contributed by atoms with E-state index >= 15 is 0 Å². The summed E-state index contributed by atoms with van der Waals surface area (Å²) in [6.45, 7) is 5.17. The third kappa shape index (κ3) is 2.78.